The fourth-order valence-corrected chi connectivity index (χ4v) is 4.93. The van der Waals surface area contributed by atoms with Crippen molar-refractivity contribution in [2.24, 2.45) is 5.92 Å². The summed E-state index contributed by atoms with van der Waals surface area (Å²) in [4.78, 5) is 21.0. The molecular formula is C16H21ClN4O4S. The van der Waals surface area contributed by atoms with Crippen molar-refractivity contribution < 1.29 is 18.0 Å². The fraction of sp³-hybridized carbons (Fsp3) is 0.562. The van der Waals surface area contributed by atoms with Gasteiger partial charge in [-0.3, -0.25) is 4.79 Å². The van der Waals surface area contributed by atoms with Crippen LogP contribution in [0.3, 0.4) is 0 Å². The molecule has 1 amide bonds. The minimum Gasteiger partial charge on any atom is -0.385 e. The highest BCUT2D eigenvalue weighted by Crippen LogP contribution is 2.20. The van der Waals surface area contributed by atoms with Gasteiger partial charge in [0.05, 0.1) is 11.5 Å². The van der Waals surface area contributed by atoms with Gasteiger partial charge in [0.1, 0.15) is 11.0 Å². The molecule has 8 nitrogen and oxygen atoms in total. The van der Waals surface area contributed by atoms with E-state index >= 15 is 0 Å². The van der Waals surface area contributed by atoms with Gasteiger partial charge in [0.25, 0.3) is 5.91 Å². The summed E-state index contributed by atoms with van der Waals surface area (Å²) >= 11 is 5.97. The van der Waals surface area contributed by atoms with Crippen molar-refractivity contribution >= 4 is 38.4 Å². The van der Waals surface area contributed by atoms with Crippen LogP contribution >= 0.6 is 11.6 Å². The summed E-state index contributed by atoms with van der Waals surface area (Å²) in [5, 5.41) is 8.33. The molecular weight excluding hydrogens is 380 g/mol. The normalized spacial score (nSPS) is 19.2. The Labute approximate surface area is 156 Å². The minimum absolute atomic E-state index is 0.00727. The molecule has 1 unspecified atom stereocenters. The molecule has 1 aliphatic rings. The Morgan fingerprint density at radius 1 is 1.46 bits per heavy atom. The van der Waals surface area contributed by atoms with Crippen molar-refractivity contribution in [3.63, 3.8) is 0 Å². The Hall–Kier alpha value is -1.87. The van der Waals surface area contributed by atoms with Crippen molar-refractivity contribution in [3.05, 3.63) is 23.2 Å². The van der Waals surface area contributed by atoms with Crippen molar-refractivity contribution in [3.8, 4) is 0 Å². The number of hydrogen-bond donors (Lipinski definition) is 0. The van der Waals surface area contributed by atoms with Gasteiger partial charge in [0, 0.05) is 17.6 Å². The van der Waals surface area contributed by atoms with Gasteiger partial charge in [0.15, 0.2) is 16.4 Å². The zero-order chi connectivity index (χ0) is 18.9. The molecule has 0 N–H and O–H groups in total. The van der Waals surface area contributed by atoms with Crippen LogP contribution in [0.1, 0.15) is 20.3 Å². The lowest BCUT2D eigenvalue weighted by Crippen LogP contribution is -2.46. The molecule has 142 valence electrons. The van der Waals surface area contributed by atoms with Gasteiger partial charge in [-0.15, -0.1) is 5.10 Å². The molecule has 1 fully saturated rings. The summed E-state index contributed by atoms with van der Waals surface area (Å²) in [6.45, 7) is 4.19. The summed E-state index contributed by atoms with van der Waals surface area (Å²) in [6, 6.07) is 4.75. The smallest absolute Gasteiger partial charge is 0.263 e. The number of carbonyl (C=O) groups is 1. The third kappa shape index (κ3) is 4.27. The summed E-state index contributed by atoms with van der Waals surface area (Å²) in [5.41, 5.74) is 1.16. The Bertz CT molecular complexity index is 912. The van der Waals surface area contributed by atoms with Gasteiger partial charge in [-0.2, -0.15) is 0 Å². The maximum atomic E-state index is 12.7. The second kappa shape index (κ2) is 7.40. The predicted molar refractivity (Wildman–Crippen MR) is 97.6 cm³/mol. The minimum atomic E-state index is -3.08. The Balaban J connectivity index is 1.72. The van der Waals surface area contributed by atoms with Crippen LogP contribution in [0.2, 0.25) is 5.02 Å². The maximum Gasteiger partial charge on any atom is 0.263 e. The highest BCUT2D eigenvalue weighted by atomic mass is 35.5. The molecule has 0 spiro atoms. The molecule has 1 atom stereocenters. The molecule has 1 aliphatic heterocycles. The molecule has 0 aliphatic carbocycles. The van der Waals surface area contributed by atoms with Crippen molar-refractivity contribution in [1.29, 1.82) is 0 Å². The summed E-state index contributed by atoms with van der Waals surface area (Å²) < 4.78 is 23.5. The van der Waals surface area contributed by atoms with Gasteiger partial charge in [0.2, 0.25) is 0 Å². The molecule has 0 radical (unpaired) electrons. The molecule has 2 aromatic rings. The number of rotatable bonds is 6. The number of sulfone groups is 1. The first-order valence-electron chi connectivity index (χ1n) is 8.39. The van der Waals surface area contributed by atoms with E-state index in [2.05, 4.69) is 10.3 Å². The molecule has 1 aromatic heterocycles. The Morgan fingerprint density at radius 3 is 2.88 bits per heavy atom. The number of fused-ring (bicyclic) bond motifs is 1. The molecule has 10 heteroatoms. The van der Waals surface area contributed by atoms with E-state index < -0.39 is 9.84 Å². The van der Waals surface area contributed by atoms with Crippen molar-refractivity contribution in [2.45, 2.75) is 26.3 Å². The van der Waals surface area contributed by atoms with Crippen molar-refractivity contribution in [1.82, 2.24) is 20.1 Å². The lowest BCUT2D eigenvalue weighted by molar-refractivity contribution is -0.139. The fourth-order valence-electron chi connectivity index (χ4n) is 3.04. The zero-order valence-electron chi connectivity index (χ0n) is 14.6. The first-order chi connectivity index (χ1) is 12.2. The van der Waals surface area contributed by atoms with Gasteiger partial charge < -0.3 is 9.74 Å². The Kier molecular flexibility index (Phi) is 5.38. The van der Waals surface area contributed by atoms with Crippen LogP contribution in [0, 0.1) is 5.92 Å². The third-order valence-corrected chi connectivity index (χ3v) is 6.20. The molecule has 2 heterocycles. The highest BCUT2D eigenvalue weighted by molar-refractivity contribution is 7.91. The molecule has 26 heavy (non-hydrogen) atoms. The van der Waals surface area contributed by atoms with Crippen LogP contribution in [0.4, 0.5) is 0 Å². The molecule has 1 saturated heterocycles. The lowest BCUT2D eigenvalue weighted by Gasteiger charge is -2.29. The van der Waals surface area contributed by atoms with Crippen LogP contribution < -0.4 is 4.84 Å². The molecule has 1 aromatic carbocycles. The second-order valence-electron chi connectivity index (χ2n) is 6.87. The number of nitrogens with zero attached hydrogens (tertiary/aromatic N) is 4. The number of amides is 1. The van der Waals surface area contributed by atoms with Crippen LogP contribution in [-0.2, 0) is 14.6 Å². The van der Waals surface area contributed by atoms with E-state index in [-0.39, 0.29) is 36.0 Å². The number of aromatic nitrogens is 3. The van der Waals surface area contributed by atoms with Gasteiger partial charge >= 0.3 is 0 Å². The van der Waals surface area contributed by atoms with E-state index in [0.717, 1.165) is 4.85 Å². The maximum absolute atomic E-state index is 12.7. The van der Waals surface area contributed by atoms with Gasteiger partial charge in [-0.05, 0) is 35.8 Å². The van der Waals surface area contributed by atoms with E-state index in [9.17, 15) is 13.2 Å². The van der Waals surface area contributed by atoms with Gasteiger partial charge in [-0.1, -0.05) is 30.3 Å². The number of hydrogen-bond acceptors (Lipinski definition) is 6. The van der Waals surface area contributed by atoms with E-state index in [1.165, 1.54) is 0 Å². The zero-order valence-corrected chi connectivity index (χ0v) is 16.2. The van der Waals surface area contributed by atoms with Crippen LogP contribution in [0.5, 0.6) is 0 Å². The largest absolute Gasteiger partial charge is 0.385 e. The number of carbonyl (C=O) groups excluding carboxylic acids is 1. The summed E-state index contributed by atoms with van der Waals surface area (Å²) in [5.74, 6) is 0.0691. The molecule has 0 saturated carbocycles. The second-order valence-corrected chi connectivity index (χ2v) is 9.53. The van der Waals surface area contributed by atoms with E-state index in [1.54, 1.807) is 23.1 Å². The first-order valence-corrected chi connectivity index (χ1v) is 10.6. The predicted octanol–water partition coefficient (Wildman–Crippen LogP) is 1.18. The van der Waals surface area contributed by atoms with Crippen LogP contribution in [-0.4, -0.2) is 65.1 Å². The molecule has 0 bridgehead atoms. The van der Waals surface area contributed by atoms with Gasteiger partial charge in [-0.25, -0.2) is 8.42 Å². The lowest BCUT2D eigenvalue weighted by atomic mass is 10.1. The summed E-state index contributed by atoms with van der Waals surface area (Å²) in [6.07, 6.45) is 0.461. The number of benzene rings is 1. The van der Waals surface area contributed by atoms with Crippen LogP contribution in [0.15, 0.2) is 18.2 Å². The van der Waals surface area contributed by atoms with E-state index in [1.807, 2.05) is 13.8 Å². The number of halogens is 1. The van der Waals surface area contributed by atoms with Crippen LogP contribution in [0.25, 0.3) is 11.0 Å². The Morgan fingerprint density at radius 2 is 2.23 bits per heavy atom. The SMILES string of the molecule is CC(C)CN(C(=O)COn1nnc2ccc(Cl)cc21)C1CCS(=O)(=O)C1. The average molecular weight is 401 g/mol. The average Bonchev–Trinajstić information content (AvgIpc) is 3.12. The quantitative estimate of drug-likeness (QED) is 0.722. The van der Waals surface area contributed by atoms with E-state index in [4.69, 9.17) is 16.4 Å². The van der Waals surface area contributed by atoms with E-state index in [0.29, 0.717) is 29.0 Å². The topological polar surface area (TPSA) is 94.4 Å². The summed E-state index contributed by atoms with van der Waals surface area (Å²) in [7, 11) is -3.08. The van der Waals surface area contributed by atoms with Crippen molar-refractivity contribution in [2.75, 3.05) is 24.7 Å². The first kappa shape index (κ1) is 18.9. The highest BCUT2D eigenvalue weighted by Gasteiger charge is 2.35. The molecule has 3 rings (SSSR count). The monoisotopic (exact) mass is 400 g/mol. The third-order valence-electron chi connectivity index (χ3n) is 4.22. The standard InChI is InChI=1S/C16H21ClN4O4S/c1-11(2)8-20(13-5-6-26(23,24)10-13)16(22)9-25-21-15-7-12(17)3-4-14(15)18-19-21/h3-4,7,11,13H,5-6,8-10H2,1-2H3.